The number of rotatable bonds is 3. The van der Waals surface area contributed by atoms with E-state index in [1.165, 1.54) is 0 Å². The number of pyridine rings is 1. The zero-order valence-electron chi connectivity index (χ0n) is 9.03. The van der Waals surface area contributed by atoms with Crippen LogP contribution in [0.4, 0.5) is 0 Å². The van der Waals surface area contributed by atoms with Gasteiger partial charge in [0.25, 0.3) is 0 Å². The normalized spacial score (nSPS) is 9.60. The van der Waals surface area contributed by atoms with Crippen LogP contribution in [0.5, 0.6) is 5.75 Å². The molecule has 1 heterocycles. The van der Waals surface area contributed by atoms with Crippen LogP contribution >= 0.6 is 0 Å². The summed E-state index contributed by atoms with van der Waals surface area (Å²) in [6.45, 7) is 4.70. The monoisotopic (exact) mass is 205 g/mol. The van der Waals surface area contributed by atoms with Crippen LogP contribution in [0.3, 0.4) is 0 Å². The number of hydrogen-bond acceptors (Lipinski definition) is 3. The standard InChI is InChI=1S/C12H15NO2/c1-10(2)9-15-12-6-11(4-3-5-14)7-13-8-12/h6-8,10,14H,5,9H2,1-2H3. The van der Waals surface area contributed by atoms with Crippen LogP contribution in [0, 0.1) is 17.8 Å². The number of aliphatic hydroxyl groups is 1. The number of ether oxygens (including phenoxy) is 1. The van der Waals surface area contributed by atoms with Crippen molar-refractivity contribution in [2.24, 2.45) is 5.92 Å². The third-order valence-electron chi connectivity index (χ3n) is 1.61. The summed E-state index contributed by atoms with van der Waals surface area (Å²) in [5.41, 5.74) is 0.755. The third kappa shape index (κ3) is 4.48. The van der Waals surface area contributed by atoms with E-state index < -0.39 is 0 Å². The highest BCUT2D eigenvalue weighted by molar-refractivity contribution is 5.36. The van der Waals surface area contributed by atoms with Crippen molar-refractivity contribution in [1.29, 1.82) is 0 Å². The molecule has 0 saturated heterocycles. The quantitative estimate of drug-likeness (QED) is 0.760. The fourth-order valence-corrected chi connectivity index (χ4v) is 0.971. The average molecular weight is 205 g/mol. The Kier molecular flexibility index (Phi) is 4.65. The Labute approximate surface area is 90.1 Å². The van der Waals surface area contributed by atoms with Crippen LogP contribution < -0.4 is 4.74 Å². The summed E-state index contributed by atoms with van der Waals surface area (Å²) in [5.74, 6) is 6.55. The first-order valence-electron chi connectivity index (χ1n) is 4.90. The van der Waals surface area contributed by atoms with Gasteiger partial charge in [-0.3, -0.25) is 4.98 Å². The van der Waals surface area contributed by atoms with E-state index in [2.05, 4.69) is 30.7 Å². The first-order chi connectivity index (χ1) is 7.22. The van der Waals surface area contributed by atoms with Gasteiger partial charge < -0.3 is 9.84 Å². The minimum absolute atomic E-state index is 0.142. The maximum atomic E-state index is 8.55. The Balaban J connectivity index is 2.65. The van der Waals surface area contributed by atoms with Gasteiger partial charge >= 0.3 is 0 Å². The average Bonchev–Trinajstić information content (AvgIpc) is 2.24. The molecule has 0 aliphatic heterocycles. The van der Waals surface area contributed by atoms with Gasteiger partial charge in [-0.1, -0.05) is 25.7 Å². The largest absolute Gasteiger partial charge is 0.492 e. The van der Waals surface area contributed by atoms with Gasteiger partial charge in [0.2, 0.25) is 0 Å². The highest BCUT2D eigenvalue weighted by atomic mass is 16.5. The number of aromatic nitrogens is 1. The molecule has 1 rings (SSSR count). The molecule has 0 saturated carbocycles. The minimum atomic E-state index is -0.142. The van der Waals surface area contributed by atoms with E-state index in [0.717, 1.165) is 5.56 Å². The fraction of sp³-hybridized carbons (Fsp3) is 0.417. The first-order valence-corrected chi connectivity index (χ1v) is 4.90. The van der Waals surface area contributed by atoms with Crippen molar-refractivity contribution in [2.75, 3.05) is 13.2 Å². The number of hydrogen-bond donors (Lipinski definition) is 1. The van der Waals surface area contributed by atoms with Crippen molar-refractivity contribution in [2.45, 2.75) is 13.8 Å². The zero-order chi connectivity index (χ0) is 11.1. The summed E-state index contributed by atoms with van der Waals surface area (Å²) in [7, 11) is 0. The molecular formula is C12H15NO2. The molecule has 3 nitrogen and oxygen atoms in total. The van der Waals surface area contributed by atoms with Gasteiger partial charge in [-0.15, -0.1) is 0 Å². The van der Waals surface area contributed by atoms with Crippen LogP contribution in [-0.2, 0) is 0 Å². The smallest absolute Gasteiger partial charge is 0.138 e. The molecule has 0 bridgehead atoms. The van der Waals surface area contributed by atoms with Crippen LogP contribution in [-0.4, -0.2) is 23.3 Å². The van der Waals surface area contributed by atoms with Crippen molar-refractivity contribution < 1.29 is 9.84 Å². The second-order valence-corrected chi connectivity index (χ2v) is 3.57. The molecule has 1 N–H and O–H groups in total. The lowest BCUT2D eigenvalue weighted by Crippen LogP contribution is -2.04. The predicted molar refractivity (Wildman–Crippen MR) is 58.5 cm³/mol. The summed E-state index contributed by atoms with van der Waals surface area (Å²) in [6.07, 6.45) is 3.30. The molecule has 0 fully saturated rings. The Bertz CT molecular complexity index is 363. The van der Waals surface area contributed by atoms with Gasteiger partial charge in [-0.05, 0) is 12.0 Å². The van der Waals surface area contributed by atoms with E-state index in [1.54, 1.807) is 12.4 Å². The summed E-state index contributed by atoms with van der Waals surface area (Å²) >= 11 is 0. The predicted octanol–water partition coefficient (Wildman–Crippen LogP) is 1.46. The molecule has 0 atom stereocenters. The maximum absolute atomic E-state index is 8.55. The van der Waals surface area contributed by atoms with Gasteiger partial charge in [0, 0.05) is 11.8 Å². The molecular weight excluding hydrogens is 190 g/mol. The van der Waals surface area contributed by atoms with E-state index >= 15 is 0 Å². The highest BCUT2D eigenvalue weighted by Gasteiger charge is 1.98. The summed E-state index contributed by atoms with van der Waals surface area (Å²) in [4.78, 5) is 4.01. The molecule has 0 unspecified atom stereocenters. The molecule has 0 radical (unpaired) electrons. The van der Waals surface area contributed by atoms with Crippen LogP contribution in [0.1, 0.15) is 19.4 Å². The van der Waals surface area contributed by atoms with Crippen molar-refractivity contribution in [3.05, 3.63) is 24.0 Å². The molecule has 15 heavy (non-hydrogen) atoms. The highest BCUT2D eigenvalue weighted by Crippen LogP contribution is 2.11. The van der Waals surface area contributed by atoms with Crippen LogP contribution in [0.15, 0.2) is 18.5 Å². The lowest BCUT2D eigenvalue weighted by molar-refractivity contribution is 0.270. The van der Waals surface area contributed by atoms with E-state index in [4.69, 9.17) is 9.84 Å². The molecule has 80 valence electrons. The number of aliphatic hydroxyl groups excluding tert-OH is 1. The van der Waals surface area contributed by atoms with Crippen molar-refractivity contribution in [1.82, 2.24) is 4.98 Å². The maximum Gasteiger partial charge on any atom is 0.138 e. The van der Waals surface area contributed by atoms with Crippen LogP contribution in [0.25, 0.3) is 0 Å². The zero-order valence-corrected chi connectivity index (χ0v) is 9.03. The van der Waals surface area contributed by atoms with Gasteiger partial charge in [-0.25, -0.2) is 0 Å². The summed E-state index contributed by atoms with van der Waals surface area (Å²) < 4.78 is 5.50. The molecule has 0 amide bonds. The van der Waals surface area contributed by atoms with E-state index in [-0.39, 0.29) is 6.61 Å². The molecule has 0 aliphatic carbocycles. The fourth-order valence-electron chi connectivity index (χ4n) is 0.971. The van der Waals surface area contributed by atoms with E-state index in [9.17, 15) is 0 Å². The van der Waals surface area contributed by atoms with Crippen molar-refractivity contribution in [3.63, 3.8) is 0 Å². The van der Waals surface area contributed by atoms with Gasteiger partial charge in [-0.2, -0.15) is 0 Å². The van der Waals surface area contributed by atoms with Gasteiger partial charge in [0.15, 0.2) is 0 Å². The lowest BCUT2D eigenvalue weighted by atomic mass is 10.2. The second kappa shape index (κ2) is 6.05. The topological polar surface area (TPSA) is 42.4 Å². The minimum Gasteiger partial charge on any atom is -0.492 e. The Morgan fingerprint density at radius 3 is 2.93 bits per heavy atom. The Morgan fingerprint density at radius 1 is 1.47 bits per heavy atom. The Hall–Kier alpha value is -1.53. The van der Waals surface area contributed by atoms with E-state index in [1.807, 2.05) is 6.07 Å². The summed E-state index contributed by atoms with van der Waals surface area (Å²) in [5, 5.41) is 8.55. The van der Waals surface area contributed by atoms with Crippen molar-refractivity contribution >= 4 is 0 Å². The third-order valence-corrected chi connectivity index (χ3v) is 1.61. The van der Waals surface area contributed by atoms with Crippen LogP contribution in [0.2, 0.25) is 0 Å². The number of nitrogens with zero attached hydrogens (tertiary/aromatic N) is 1. The molecule has 1 aromatic heterocycles. The van der Waals surface area contributed by atoms with Crippen molar-refractivity contribution in [3.8, 4) is 17.6 Å². The molecule has 0 aromatic carbocycles. The van der Waals surface area contributed by atoms with Gasteiger partial charge in [0.05, 0.1) is 12.8 Å². The molecule has 0 aliphatic rings. The van der Waals surface area contributed by atoms with Gasteiger partial charge in [0.1, 0.15) is 12.4 Å². The van der Waals surface area contributed by atoms with E-state index in [0.29, 0.717) is 18.3 Å². The molecule has 3 heteroatoms. The second-order valence-electron chi connectivity index (χ2n) is 3.57. The Morgan fingerprint density at radius 2 is 2.27 bits per heavy atom. The lowest BCUT2D eigenvalue weighted by Gasteiger charge is -2.07. The first kappa shape index (κ1) is 11.5. The SMILES string of the molecule is CC(C)COc1cncc(C#CCO)c1. The molecule has 0 spiro atoms. The summed E-state index contributed by atoms with van der Waals surface area (Å²) in [6, 6.07) is 1.82. The molecule has 1 aromatic rings.